The van der Waals surface area contributed by atoms with Gasteiger partial charge < -0.3 is 14.6 Å². The molecule has 4 aromatic rings. The number of nitrogens with one attached hydrogen (secondary N) is 2. The number of thiophene rings is 1. The Morgan fingerprint density at radius 1 is 1.08 bits per heavy atom. The van der Waals surface area contributed by atoms with E-state index in [1.54, 1.807) is 18.4 Å². The number of aromatic nitrogens is 3. The Labute approximate surface area is 212 Å². The number of aromatic amines is 1. The molecule has 0 atom stereocenters. The fraction of sp³-hybridized carbons (Fsp3) is 0.370. The Bertz CT molecular complexity index is 1520. The fourth-order valence-electron chi connectivity index (χ4n) is 5.47. The van der Waals surface area contributed by atoms with Crippen LogP contribution in [0.1, 0.15) is 44.0 Å². The summed E-state index contributed by atoms with van der Waals surface area (Å²) in [5, 5.41) is 11.3. The molecule has 0 radical (unpaired) electrons. The van der Waals surface area contributed by atoms with Gasteiger partial charge in [-0.1, -0.05) is 18.2 Å². The van der Waals surface area contributed by atoms with Gasteiger partial charge in [-0.15, -0.1) is 11.3 Å². The summed E-state index contributed by atoms with van der Waals surface area (Å²) in [4.78, 5) is 32.8. The van der Waals surface area contributed by atoms with Crippen molar-refractivity contribution in [2.75, 3.05) is 26.7 Å². The zero-order chi connectivity index (χ0) is 25.0. The van der Waals surface area contributed by atoms with E-state index < -0.39 is 5.91 Å². The Hall–Kier alpha value is -3.27. The third-order valence-corrected chi connectivity index (χ3v) is 8.26. The molecule has 5 heterocycles. The van der Waals surface area contributed by atoms with Crippen molar-refractivity contribution in [3.05, 3.63) is 53.2 Å². The molecule has 8 nitrogen and oxygen atoms in total. The maximum absolute atomic E-state index is 13.1. The van der Waals surface area contributed by atoms with Gasteiger partial charge >= 0.3 is 0 Å². The second kappa shape index (κ2) is 8.69. The highest BCUT2D eigenvalue weighted by Crippen LogP contribution is 2.39. The monoisotopic (exact) mass is 503 g/mol. The smallest absolute Gasteiger partial charge is 0.261 e. The molecule has 3 aromatic heterocycles. The van der Waals surface area contributed by atoms with Gasteiger partial charge in [-0.05, 0) is 44.2 Å². The minimum Gasteiger partial charge on any atom is -0.377 e. The summed E-state index contributed by atoms with van der Waals surface area (Å²) in [7, 11) is 1.76. The van der Waals surface area contributed by atoms with Gasteiger partial charge in [-0.25, -0.2) is 0 Å². The number of likely N-dealkylation sites (tertiary alicyclic amines) is 1. The van der Waals surface area contributed by atoms with E-state index in [-0.39, 0.29) is 17.6 Å². The average molecular weight is 504 g/mol. The summed E-state index contributed by atoms with van der Waals surface area (Å²) < 4.78 is 7.69. The van der Waals surface area contributed by atoms with Gasteiger partial charge in [-0.3, -0.25) is 19.6 Å². The molecule has 9 heteroatoms. The predicted molar refractivity (Wildman–Crippen MR) is 142 cm³/mol. The van der Waals surface area contributed by atoms with Crippen LogP contribution in [0.25, 0.3) is 32.3 Å². The summed E-state index contributed by atoms with van der Waals surface area (Å²) >= 11 is 1.57. The Morgan fingerprint density at radius 3 is 2.61 bits per heavy atom. The van der Waals surface area contributed by atoms with Crippen LogP contribution in [0, 0.1) is 0 Å². The van der Waals surface area contributed by atoms with Crippen LogP contribution < -0.4 is 5.32 Å². The number of carbonyl (C=O) groups excluding carboxylic acids is 2. The quantitative estimate of drug-likeness (QED) is 0.385. The van der Waals surface area contributed by atoms with E-state index in [2.05, 4.69) is 39.8 Å². The predicted octanol–water partition coefficient (Wildman–Crippen LogP) is 4.21. The molecule has 2 aliphatic heterocycles. The van der Waals surface area contributed by atoms with Crippen LogP contribution in [0.5, 0.6) is 0 Å². The number of carbonyl (C=O) groups is 2. The third-order valence-electron chi connectivity index (χ3n) is 7.41. The van der Waals surface area contributed by atoms with E-state index in [9.17, 15) is 9.59 Å². The molecule has 1 fully saturated rings. The number of H-pyrrole nitrogens is 1. The molecule has 186 valence electrons. The molecule has 2 N–H and O–H groups in total. The van der Waals surface area contributed by atoms with Crippen molar-refractivity contribution >= 4 is 55.4 Å². The molecule has 0 aliphatic carbocycles. The zero-order valence-corrected chi connectivity index (χ0v) is 21.4. The van der Waals surface area contributed by atoms with Gasteiger partial charge in [-0.2, -0.15) is 5.10 Å². The SMILES string of the molecule is COC(C)(C)CN1CCC(n2nc(C3=C(c4c[nH]c5sccc45)C(=O)NC3=O)c3ccccc32)CC1. The first kappa shape index (κ1) is 23.1. The number of ether oxygens (including phenoxy) is 1. The van der Waals surface area contributed by atoms with E-state index in [0.29, 0.717) is 16.8 Å². The molecule has 6 rings (SSSR count). The fourth-order valence-corrected chi connectivity index (χ4v) is 6.24. The molecular formula is C27H29N5O3S. The van der Waals surface area contributed by atoms with E-state index in [0.717, 1.165) is 59.2 Å². The van der Waals surface area contributed by atoms with Crippen molar-refractivity contribution in [2.45, 2.75) is 38.3 Å². The van der Waals surface area contributed by atoms with Crippen molar-refractivity contribution in [2.24, 2.45) is 0 Å². The lowest BCUT2D eigenvalue weighted by Gasteiger charge is -2.36. The van der Waals surface area contributed by atoms with Crippen molar-refractivity contribution in [1.82, 2.24) is 25.0 Å². The summed E-state index contributed by atoms with van der Waals surface area (Å²) in [6.45, 7) is 7.01. The molecule has 1 saturated heterocycles. The number of benzene rings is 1. The lowest BCUT2D eigenvalue weighted by Crippen LogP contribution is -2.44. The number of piperidine rings is 1. The standard InChI is InChI=1S/C27H29N5O3S/c1-27(2,35-3)15-31-11-8-16(9-12-31)32-20-7-5-4-6-18(20)23(30-32)22-21(24(33)29-25(22)34)19-14-28-26-17(19)10-13-36-26/h4-7,10,13-14,16,28H,8-9,11-12,15H2,1-3H3,(H,29,33,34). The topological polar surface area (TPSA) is 92.2 Å². The van der Waals surface area contributed by atoms with Crippen LogP contribution >= 0.6 is 11.3 Å². The highest BCUT2D eigenvalue weighted by atomic mass is 32.1. The summed E-state index contributed by atoms with van der Waals surface area (Å²) in [6, 6.07) is 10.2. The second-order valence-corrected chi connectivity index (χ2v) is 11.1. The molecule has 0 spiro atoms. The van der Waals surface area contributed by atoms with Crippen LogP contribution in [0.4, 0.5) is 0 Å². The van der Waals surface area contributed by atoms with E-state index in [1.807, 2.05) is 35.8 Å². The first-order chi connectivity index (χ1) is 17.4. The van der Waals surface area contributed by atoms with E-state index in [4.69, 9.17) is 9.84 Å². The lowest BCUT2D eigenvalue weighted by atomic mass is 9.98. The average Bonchev–Trinajstić information content (AvgIpc) is 3.62. The largest absolute Gasteiger partial charge is 0.377 e. The Balaban J connectivity index is 1.41. The lowest BCUT2D eigenvalue weighted by molar-refractivity contribution is -0.122. The number of methoxy groups -OCH3 is 1. The third kappa shape index (κ3) is 3.78. The van der Waals surface area contributed by atoms with Crippen molar-refractivity contribution in [1.29, 1.82) is 0 Å². The van der Waals surface area contributed by atoms with Crippen LogP contribution in [0.3, 0.4) is 0 Å². The molecule has 0 unspecified atom stereocenters. The summed E-state index contributed by atoms with van der Waals surface area (Å²) in [5.74, 6) is -0.776. The van der Waals surface area contributed by atoms with Gasteiger partial charge in [0.2, 0.25) is 0 Å². The minimum absolute atomic E-state index is 0.185. The minimum atomic E-state index is -0.397. The molecule has 2 aliphatic rings. The Kier molecular flexibility index (Phi) is 5.59. The number of amides is 2. The molecule has 0 saturated carbocycles. The summed E-state index contributed by atoms with van der Waals surface area (Å²) in [5.41, 5.74) is 2.83. The molecule has 0 bridgehead atoms. The van der Waals surface area contributed by atoms with Gasteiger partial charge in [0.05, 0.1) is 28.3 Å². The first-order valence-electron chi connectivity index (χ1n) is 12.3. The zero-order valence-electron chi connectivity index (χ0n) is 20.6. The second-order valence-electron chi connectivity index (χ2n) is 10.2. The number of rotatable bonds is 6. The number of hydrogen-bond donors (Lipinski definition) is 2. The van der Waals surface area contributed by atoms with Crippen LogP contribution in [-0.2, 0) is 14.3 Å². The van der Waals surface area contributed by atoms with Gasteiger partial charge in [0, 0.05) is 49.3 Å². The van der Waals surface area contributed by atoms with Crippen LogP contribution in [-0.4, -0.2) is 63.8 Å². The molecule has 36 heavy (non-hydrogen) atoms. The van der Waals surface area contributed by atoms with Gasteiger partial charge in [0.1, 0.15) is 10.5 Å². The van der Waals surface area contributed by atoms with Crippen LogP contribution in [0.15, 0.2) is 41.9 Å². The maximum atomic E-state index is 13.1. The first-order valence-corrected chi connectivity index (χ1v) is 13.1. The van der Waals surface area contributed by atoms with E-state index in [1.165, 1.54) is 0 Å². The molecule has 1 aromatic carbocycles. The van der Waals surface area contributed by atoms with Gasteiger partial charge in [0.15, 0.2) is 0 Å². The Morgan fingerprint density at radius 2 is 1.83 bits per heavy atom. The maximum Gasteiger partial charge on any atom is 0.261 e. The highest BCUT2D eigenvalue weighted by molar-refractivity contribution is 7.16. The highest BCUT2D eigenvalue weighted by Gasteiger charge is 2.37. The van der Waals surface area contributed by atoms with Crippen molar-refractivity contribution in [3.63, 3.8) is 0 Å². The number of hydrogen-bond acceptors (Lipinski definition) is 6. The van der Waals surface area contributed by atoms with Crippen molar-refractivity contribution in [3.8, 4) is 0 Å². The molecular weight excluding hydrogens is 474 g/mol. The van der Waals surface area contributed by atoms with Crippen LogP contribution in [0.2, 0.25) is 0 Å². The van der Waals surface area contributed by atoms with E-state index >= 15 is 0 Å². The normalized spacial score (nSPS) is 18.2. The van der Waals surface area contributed by atoms with Gasteiger partial charge in [0.25, 0.3) is 11.8 Å². The van der Waals surface area contributed by atoms with Crippen molar-refractivity contribution < 1.29 is 14.3 Å². The number of fused-ring (bicyclic) bond motifs is 2. The summed E-state index contributed by atoms with van der Waals surface area (Å²) in [6.07, 6.45) is 3.72. The number of para-hydroxylation sites is 1. The molecule has 2 amide bonds. The number of nitrogens with zero attached hydrogens (tertiary/aromatic N) is 3. The number of imide groups is 1.